The summed E-state index contributed by atoms with van der Waals surface area (Å²) in [5.41, 5.74) is 3.26. The molecule has 1 fully saturated rings. The highest BCUT2D eigenvalue weighted by molar-refractivity contribution is 5.86. The molecule has 1 saturated carbocycles. The minimum Gasteiger partial charge on any atom is -0.500 e. The van der Waals surface area contributed by atoms with Gasteiger partial charge in [-0.25, -0.2) is 4.79 Å². The number of oxime groups is 1. The average Bonchev–Trinajstić information content (AvgIpc) is 2.67. The summed E-state index contributed by atoms with van der Waals surface area (Å²) in [6.45, 7) is 4.47. The molecule has 0 aromatic heterocycles. The van der Waals surface area contributed by atoms with E-state index in [9.17, 15) is 4.79 Å². The van der Waals surface area contributed by atoms with Crippen molar-refractivity contribution in [3.05, 3.63) is 41.3 Å². The number of methoxy groups -OCH3 is 2. The van der Waals surface area contributed by atoms with E-state index in [0.717, 1.165) is 37.0 Å². The Morgan fingerprint density at radius 1 is 1.27 bits per heavy atom. The van der Waals surface area contributed by atoms with Crippen LogP contribution in [0.25, 0.3) is 0 Å². The Labute approximate surface area is 154 Å². The van der Waals surface area contributed by atoms with Crippen LogP contribution in [0.5, 0.6) is 5.75 Å². The Morgan fingerprint density at radius 2 is 2.00 bits per heavy atom. The van der Waals surface area contributed by atoms with Crippen LogP contribution < -0.4 is 4.74 Å². The van der Waals surface area contributed by atoms with Gasteiger partial charge in [0.25, 0.3) is 0 Å². The quantitative estimate of drug-likeness (QED) is 0.317. The molecule has 6 nitrogen and oxygen atoms in total. The Balaban J connectivity index is 2.12. The van der Waals surface area contributed by atoms with Gasteiger partial charge in [-0.15, -0.1) is 0 Å². The molecule has 1 aliphatic carbocycles. The average molecular weight is 361 g/mol. The monoisotopic (exact) mass is 361 g/mol. The van der Waals surface area contributed by atoms with Gasteiger partial charge in [0.05, 0.1) is 19.9 Å². The molecule has 26 heavy (non-hydrogen) atoms. The molecule has 0 heterocycles. The predicted molar refractivity (Wildman–Crippen MR) is 99.2 cm³/mol. The van der Waals surface area contributed by atoms with Crippen molar-refractivity contribution in [3.63, 3.8) is 0 Å². The lowest BCUT2D eigenvalue weighted by molar-refractivity contribution is -0.138. The number of rotatable bonds is 7. The van der Waals surface area contributed by atoms with E-state index in [1.54, 1.807) is 0 Å². The van der Waals surface area contributed by atoms with Gasteiger partial charge >= 0.3 is 5.97 Å². The molecule has 0 amide bonds. The molecule has 0 saturated heterocycles. The zero-order valence-electron chi connectivity index (χ0n) is 15.9. The van der Waals surface area contributed by atoms with Gasteiger partial charge in [-0.1, -0.05) is 17.3 Å². The molecule has 0 N–H and O–H groups in total. The van der Waals surface area contributed by atoms with Crippen LogP contribution >= 0.6 is 0 Å². The smallest absolute Gasteiger partial charge is 0.377 e. The summed E-state index contributed by atoms with van der Waals surface area (Å²) < 4.78 is 15.4. The van der Waals surface area contributed by atoms with Crippen molar-refractivity contribution in [1.29, 1.82) is 0 Å². The lowest BCUT2D eigenvalue weighted by Crippen LogP contribution is -2.14. The molecule has 0 atom stereocenters. The van der Waals surface area contributed by atoms with Crippen LogP contribution in [0.2, 0.25) is 0 Å². The van der Waals surface area contributed by atoms with E-state index in [-0.39, 0.29) is 5.76 Å². The minimum absolute atomic E-state index is 0.0185. The maximum Gasteiger partial charge on any atom is 0.377 e. The van der Waals surface area contributed by atoms with Crippen LogP contribution in [0, 0.1) is 6.92 Å². The zero-order chi connectivity index (χ0) is 18.9. The van der Waals surface area contributed by atoms with Crippen LogP contribution in [-0.2, 0) is 19.1 Å². The Bertz CT molecular complexity index is 671. The highest BCUT2D eigenvalue weighted by Crippen LogP contribution is 2.34. The first-order valence-corrected chi connectivity index (χ1v) is 8.86. The second-order valence-corrected chi connectivity index (χ2v) is 6.19. The first kappa shape index (κ1) is 19.8. The lowest BCUT2D eigenvalue weighted by atomic mass is 9.83. The second-order valence-electron chi connectivity index (χ2n) is 6.19. The van der Waals surface area contributed by atoms with Crippen molar-refractivity contribution in [2.75, 3.05) is 20.8 Å². The van der Waals surface area contributed by atoms with Crippen LogP contribution in [0.15, 0.2) is 35.4 Å². The topological polar surface area (TPSA) is 66.3 Å². The van der Waals surface area contributed by atoms with Crippen molar-refractivity contribution in [2.45, 2.75) is 45.4 Å². The van der Waals surface area contributed by atoms with E-state index < -0.39 is 5.97 Å². The maximum atomic E-state index is 11.8. The Morgan fingerprint density at radius 3 is 2.62 bits per heavy atom. The summed E-state index contributed by atoms with van der Waals surface area (Å²) in [6.07, 6.45) is 5.16. The maximum absolute atomic E-state index is 11.8. The fourth-order valence-electron chi connectivity index (χ4n) is 2.95. The van der Waals surface area contributed by atoms with E-state index in [2.05, 4.69) is 11.2 Å². The van der Waals surface area contributed by atoms with Crippen LogP contribution in [0.1, 0.15) is 49.7 Å². The van der Waals surface area contributed by atoms with E-state index in [1.807, 2.05) is 26.0 Å². The summed E-state index contributed by atoms with van der Waals surface area (Å²) in [5.74, 6) is 0.507. The predicted octanol–water partition coefficient (Wildman–Crippen LogP) is 4.08. The van der Waals surface area contributed by atoms with E-state index in [4.69, 9.17) is 19.0 Å². The summed E-state index contributed by atoms with van der Waals surface area (Å²) >= 11 is 0. The number of benzene rings is 1. The number of aryl methyl sites for hydroxylation is 1. The Kier molecular flexibility index (Phi) is 7.51. The largest absolute Gasteiger partial charge is 0.500 e. The second kappa shape index (κ2) is 9.85. The fraction of sp³-hybridized carbons (Fsp3) is 0.500. The first-order chi connectivity index (χ1) is 12.6. The van der Waals surface area contributed by atoms with Crippen LogP contribution in [-0.4, -0.2) is 32.5 Å². The molecule has 0 aliphatic heterocycles. The lowest BCUT2D eigenvalue weighted by Gasteiger charge is -2.24. The van der Waals surface area contributed by atoms with Crippen molar-refractivity contribution in [3.8, 4) is 5.75 Å². The summed E-state index contributed by atoms with van der Waals surface area (Å²) in [5, 5.41) is 4.17. The number of carbonyl (C=O) groups is 1. The molecule has 2 rings (SSSR count). The number of carbonyl (C=O) groups excluding carboxylic acids is 1. The standard InChI is InChI=1S/C20H27NO5/c1-5-25-21-17-10-8-15(9-11-17)16-7-6-14(2)18(12-16)26-19(13-23-3)20(22)24-4/h6-7,12-13,15H,5,8-11H2,1-4H3/b19-13-,21-17?. The van der Waals surface area contributed by atoms with Gasteiger partial charge < -0.3 is 19.0 Å². The molecule has 1 aliphatic rings. The molecule has 0 bridgehead atoms. The first-order valence-electron chi connectivity index (χ1n) is 8.86. The van der Waals surface area contributed by atoms with E-state index in [0.29, 0.717) is 18.3 Å². The molecule has 142 valence electrons. The highest BCUT2D eigenvalue weighted by atomic mass is 16.6. The van der Waals surface area contributed by atoms with Gasteiger partial charge in [-0.2, -0.15) is 0 Å². The molecular formula is C20H27NO5. The number of hydrogen-bond acceptors (Lipinski definition) is 6. The molecule has 0 spiro atoms. The van der Waals surface area contributed by atoms with Crippen molar-refractivity contribution in [2.24, 2.45) is 5.16 Å². The summed E-state index contributed by atoms with van der Waals surface area (Å²) in [4.78, 5) is 17.0. The van der Waals surface area contributed by atoms with Gasteiger partial charge in [0.15, 0.2) is 0 Å². The zero-order valence-corrected chi connectivity index (χ0v) is 15.9. The molecule has 0 unspecified atom stereocenters. The molecule has 0 radical (unpaired) electrons. The fourth-order valence-corrected chi connectivity index (χ4v) is 2.95. The summed E-state index contributed by atoms with van der Waals surface area (Å²) in [6, 6.07) is 6.13. The third kappa shape index (κ3) is 5.25. The number of ether oxygens (including phenoxy) is 3. The van der Waals surface area contributed by atoms with Crippen molar-refractivity contribution >= 4 is 11.7 Å². The number of hydrogen-bond donors (Lipinski definition) is 0. The minimum atomic E-state index is -0.578. The van der Waals surface area contributed by atoms with Crippen molar-refractivity contribution in [1.82, 2.24) is 0 Å². The highest BCUT2D eigenvalue weighted by Gasteiger charge is 2.21. The van der Waals surface area contributed by atoms with Crippen LogP contribution in [0.4, 0.5) is 0 Å². The molecule has 1 aromatic rings. The Hall–Kier alpha value is -2.50. The SMILES string of the molecule is CCON=C1CCC(c2ccc(C)c(O/C(=C\OC)C(=O)OC)c2)CC1. The number of nitrogens with zero attached hydrogens (tertiary/aromatic N) is 1. The van der Waals surface area contributed by atoms with E-state index >= 15 is 0 Å². The molecular weight excluding hydrogens is 334 g/mol. The van der Waals surface area contributed by atoms with Gasteiger partial charge in [-0.05, 0) is 62.6 Å². The van der Waals surface area contributed by atoms with E-state index in [1.165, 1.54) is 26.0 Å². The van der Waals surface area contributed by atoms with Gasteiger partial charge in [-0.3, -0.25) is 0 Å². The summed E-state index contributed by atoms with van der Waals surface area (Å²) in [7, 11) is 2.76. The molecule has 6 heteroatoms. The third-order valence-electron chi connectivity index (χ3n) is 4.40. The van der Waals surface area contributed by atoms with Crippen LogP contribution in [0.3, 0.4) is 0 Å². The van der Waals surface area contributed by atoms with Crippen molar-refractivity contribution < 1.29 is 23.8 Å². The molecule has 1 aromatic carbocycles. The number of esters is 1. The van der Waals surface area contributed by atoms with Gasteiger partial charge in [0.2, 0.25) is 5.76 Å². The van der Waals surface area contributed by atoms with Gasteiger partial charge in [0, 0.05) is 0 Å². The van der Waals surface area contributed by atoms with Gasteiger partial charge in [0.1, 0.15) is 18.6 Å². The normalized spacial score (nSPS) is 17.5. The third-order valence-corrected chi connectivity index (χ3v) is 4.40.